The summed E-state index contributed by atoms with van der Waals surface area (Å²) < 4.78 is 26.6. The SMILES string of the molecule is CC(=O)Cc1ccc(CCS(=O)(=O)N2CCC(N)(C(N)=O)CC2)c(C)c1. The zero-order chi connectivity index (χ0) is 19.5. The van der Waals surface area contributed by atoms with Crippen LogP contribution in [-0.2, 0) is 32.5 Å². The lowest BCUT2D eigenvalue weighted by Crippen LogP contribution is -2.59. The van der Waals surface area contributed by atoms with Crippen molar-refractivity contribution in [3.63, 3.8) is 0 Å². The fourth-order valence-electron chi connectivity index (χ4n) is 3.21. The quantitative estimate of drug-likeness (QED) is 0.702. The van der Waals surface area contributed by atoms with E-state index in [0.29, 0.717) is 12.8 Å². The molecule has 1 amide bonds. The van der Waals surface area contributed by atoms with E-state index >= 15 is 0 Å². The average molecular weight is 381 g/mol. The van der Waals surface area contributed by atoms with Crippen molar-refractivity contribution in [3.8, 4) is 0 Å². The van der Waals surface area contributed by atoms with Crippen molar-refractivity contribution in [1.29, 1.82) is 0 Å². The molecule has 4 N–H and O–H groups in total. The lowest BCUT2D eigenvalue weighted by molar-refractivity contribution is -0.124. The summed E-state index contributed by atoms with van der Waals surface area (Å²) in [5, 5.41) is 0. The monoisotopic (exact) mass is 381 g/mol. The number of carbonyl (C=O) groups excluding carboxylic acids is 2. The van der Waals surface area contributed by atoms with Gasteiger partial charge in [0.05, 0.1) is 11.3 Å². The third-order valence-corrected chi connectivity index (χ3v) is 6.86. The Bertz CT molecular complexity index is 797. The van der Waals surface area contributed by atoms with Crippen molar-refractivity contribution in [2.75, 3.05) is 18.8 Å². The molecule has 26 heavy (non-hydrogen) atoms. The Kier molecular flexibility index (Phi) is 6.21. The zero-order valence-corrected chi connectivity index (χ0v) is 16.1. The van der Waals surface area contributed by atoms with Crippen LogP contribution in [0.1, 0.15) is 36.5 Å². The van der Waals surface area contributed by atoms with Gasteiger partial charge in [0.1, 0.15) is 5.78 Å². The van der Waals surface area contributed by atoms with Crippen LogP contribution in [0.3, 0.4) is 0 Å². The summed E-state index contributed by atoms with van der Waals surface area (Å²) in [7, 11) is -3.43. The normalized spacial score (nSPS) is 17.8. The van der Waals surface area contributed by atoms with Crippen molar-refractivity contribution in [1.82, 2.24) is 4.31 Å². The van der Waals surface area contributed by atoms with Crippen molar-refractivity contribution < 1.29 is 18.0 Å². The van der Waals surface area contributed by atoms with E-state index < -0.39 is 21.5 Å². The molecule has 2 rings (SSSR count). The summed E-state index contributed by atoms with van der Waals surface area (Å²) in [6.45, 7) is 3.88. The Labute approximate surface area is 154 Å². The number of primary amides is 1. The van der Waals surface area contributed by atoms with Crippen molar-refractivity contribution in [2.24, 2.45) is 11.5 Å². The molecular weight excluding hydrogens is 354 g/mol. The van der Waals surface area contributed by atoms with E-state index in [1.54, 1.807) is 6.92 Å². The van der Waals surface area contributed by atoms with Gasteiger partial charge in [-0.05, 0) is 49.8 Å². The smallest absolute Gasteiger partial charge is 0.237 e. The number of amides is 1. The molecule has 0 unspecified atom stereocenters. The Hall–Kier alpha value is -1.77. The van der Waals surface area contributed by atoms with Crippen LogP contribution in [0.4, 0.5) is 0 Å². The number of rotatable bonds is 7. The maximum atomic E-state index is 12.6. The highest BCUT2D eigenvalue weighted by Gasteiger charge is 2.39. The Morgan fingerprint density at radius 3 is 2.35 bits per heavy atom. The van der Waals surface area contributed by atoms with E-state index in [4.69, 9.17) is 11.5 Å². The number of hydrogen-bond acceptors (Lipinski definition) is 5. The maximum absolute atomic E-state index is 12.6. The highest BCUT2D eigenvalue weighted by molar-refractivity contribution is 7.89. The van der Waals surface area contributed by atoms with Crippen LogP contribution in [0, 0.1) is 6.92 Å². The molecule has 0 spiro atoms. The van der Waals surface area contributed by atoms with Crippen molar-refractivity contribution >= 4 is 21.7 Å². The summed E-state index contributed by atoms with van der Waals surface area (Å²) in [6, 6.07) is 5.68. The van der Waals surface area contributed by atoms with Gasteiger partial charge in [-0.1, -0.05) is 18.2 Å². The highest BCUT2D eigenvalue weighted by atomic mass is 32.2. The lowest BCUT2D eigenvalue weighted by atomic mass is 9.89. The number of sulfonamides is 1. The summed E-state index contributed by atoms with van der Waals surface area (Å²) in [4.78, 5) is 22.6. The van der Waals surface area contributed by atoms with Gasteiger partial charge in [-0.25, -0.2) is 12.7 Å². The fraction of sp³-hybridized carbons (Fsp3) is 0.556. The van der Waals surface area contributed by atoms with Crippen LogP contribution >= 0.6 is 0 Å². The van der Waals surface area contributed by atoms with Crippen LogP contribution in [-0.4, -0.2) is 48.8 Å². The zero-order valence-electron chi connectivity index (χ0n) is 15.3. The number of Topliss-reactive ketones (excluding diaryl/α,β-unsaturated/α-hetero) is 1. The molecule has 1 aliphatic rings. The summed E-state index contributed by atoms with van der Waals surface area (Å²) >= 11 is 0. The first-order valence-electron chi connectivity index (χ1n) is 8.68. The third-order valence-electron chi connectivity index (χ3n) is 4.99. The summed E-state index contributed by atoms with van der Waals surface area (Å²) in [5.74, 6) is -0.499. The summed E-state index contributed by atoms with van der Waals surface area (Å²) in [5.41, 5.74) is 13.0. The van der Waals surface area contributed by atoms with E-state index in [2.05, 4.69) is 0 Å². The first-order chi connectivity index (χ1) is 12.0. The molecule has 1 fully saturated rings. The molecule has 0 bridgehead atoms. The number of ketones is 1. The molecule has 144 valence electrons. The predicted octanol–water partition coefficient (Wildman–Crippen LogP) is 0.277. The van der Waals surface area contributed by atoms with Gasteiger partial charge in [0.15, 0.2) is 0 Å². The van der Waals surface area contributed by atoms with E-state index in [1.807, 2.05) is 25.1 Å². The number of carbonyl (C=O) groups is 2. The van der Waals surface area contributed by atoms with Gasteiger partial charge >= 0.3 is 0 Å². The van der Waals surface area contributed by atoms with Gasteiger partial charge in [0.2, 0.25) is 15.9 Å². The van der Waals surface area contributed by atoms with Gasteiger partial charge in [0.25, 0.3) is 0 Å². The first kappa shape index (κ1) is 20.5. The second-order valence-corrected chi connectivity index (χ2v) is 9.21. The number of aryl methyl sites for hydroxylation is 2. The number of piperidine rings is 1. The van der Waals surface area contributed by atoms with E-state index in [0.717, 1.165) is 16.7 Å². The molecule has 0 aromatic heterocycles. The molecule has 8 heteroatoms. The second kappa shape index (κ2) is 7.85. The molecule has 1 heterocycles. The van der Waals surface area contributed by atoms with Gasteiger partial charge < -0.3 is 11.5 Å². The number of nitrogens with two attached hydrogens (primary N) is 2. The Morgan fingerprint density at radius 1 is 1.23 bits per heavy atom. The van der Waals surface area contributed by atoms with Crippen LogP contribution in [0.5, 0.6) is 0 Å². The number of benzene rings is 1. The molecule has 0 radical (unpaired) electrons. The third kappa shape index (κ3) is 4.90. The molecule has 1 saturated heterocycles. The standard InChI is InChI=1S/C18H27N3O4S/c1-13-11-15(12-14(2)22)3-4-16(13)5-10-26(24,25)21-8-6-18(20,7-9-21)17(19)23/h3-4,11H,5-10,12,20H2,1-2H3,(H2,19,23). The number of hydrogen-bond donors (Lipinski definition) is 2. The minimum Gasteiger partial charge on any atom is -0.368 e. The van der Waals surface area contributed by atoms with Crippen LogP contribution < -0.4 is 11.5 Å². The molecular formula is C18H27N3O4S. The van der Waals surface area contributed by atoms with Crippen LogP contribution in [0.15, 0.2) is 18.2 Å². The predicted molar refractivity (Wildman–Crippen MR) is 100.0 cm³/mol. The molecule has 1 aromatic carbocycles. The van der Waals surface area contributed by atoms with Gasteiger partial charge in [-0.3, -0.25) is 9.59 Å². The van der Waals surface area contributed by atoms with Gasteiger partial charge in [0, 0.05) is 19.5 Å². The largest absolute Gasteiger partial charge is 0.368 e. The van der Waals surface area contributed by atoms with Crippen LogP contribution in [0.2, 0.25) is 0 Å². The molecule has 1 aromatic rings. The maximum Gasteiger partial charge on any atom is 0.237 e. The van der Waals surface area contributed by atoms with E-state index in [1.165, 1.54) is 4.31 Å². The molecule has 0 atom stereocenters. The van der Waals surface area contributed by atoms with E-state index in [9.17, 15) is 18.0 Å². The molecule has 0 saturated carbocycles. The van der Waals surface area contributed by atoms with Gasteiger partial charge in [-0.15, -0.1) is 0 Å². The minimum absolute atomic E-state index is 0.00591. The number of nitrogens with zero attached hydrogens (tertiary/aromatic N) is 1. The first-order valence-corrected chi connectivity index (χ1v) is 10.3. The summed E-state index contributed by atoms with van der Waals surface area (Å²) in [6.07, 6.45) is 1.25. The molecule has 0 aliphatic carbocycles. The minimum atomic E-state index is -3.43. The van der Waals surface area contributed by atoms with Crippen molar-refractivity contribution in [2.45, 2.75) is 45.1 Å². The fourth-order valence-corrected chi connectivity index (χ4v) is 4.69. The Balaban J connectivity index is 1.98. The average Bonchev–Trinajstić information content (AvgIpc) is 2.54. The van der Waals surface area contributed by atoms with Gasteiger partial charge in [-0.2, -0.15) is 0 Å². The van der Waals surface area contributed by atoms with E-state index in [-0.39, 0.29) is 37.5 Å². The molecule has 1 aliphatic heterocycles. The second-order valence-electron chi connectivity index (χ2n) is 7.13. The molecule has 7 nitrogen and oxygen atoms in total. The Morgan fingerprint density at radius 2 is 1.85 bits per heavy atom. The lowest BCUT2D eigenvalue weighted by Gasteiger charge is -2.36. The topological polar surface area (TPSA) is 124 Å². The highest BCUT2D eigenvalue weighted by Crippen LogP contribution is 2.22. The van der Waals surface area contributed by atoms with Crippen molar-refractivity contribution in [3.05, 3.63) is 34.9 Å². The van der Waals surface area contributed by atoms with Crippen LogP contribution in [0.25, 0.3) is 0 Å².